The number of hydrogen-bond donors (Lipinski definition) is 0. The fraction of sp³-hybridized carbons (Fsp3) is 0.600. The Morgan fingerprint density at radius 3 is 2.90 bits per heavy atom. The molecule has 1 aromatic rings. The Labute approximate surface area is 124 Å². The number of ether oxygens (including phenoxy) is 1. The van der Waals surface area contributed by atoms with Crippen LogP contribution in [0.25, 0.3) is 0 Å². The Kier molecular flexibility index (Phi) is 4.10. The van der Waals surface area contributed by atoms with Crippen LogP contribution in [0.3, 0.4) is 0 Å². The molecule has 1 aliphatic heterocycles. The number of carbonyl (C=O) groups is 1. The molecule has 1 saturated heterocycles. The van der Waals surface area contributed by atoms with Crippen LogP contribution in [0.5, 0.6) is 5.75 Å². The van der Waals surface area contributed by atoms with Gasteiger partial charge in [0.25, 0.3) is 0 Å². The van der Waals surface area contributed by atoms with Gasteiger partial charge in [-0.1, -0.05) is 24.4 Å². The molecule has 0 radical (unpaired) electrons. The lowest BCUT2D eigenvalue weighted by Gasteiger charge is -2.20. The van der Waals surface area contributed by atoms with E-state index in [1.807, 2.05) is 4.90 Å². The van der Waals surface area contributed by atoms with Crippen molar-refractivity contribution in [2.75, 3.05) is 13.1 Å². The molecular weight excluding hydrogens is 276 g/mol. The van der Waals surface area contributed by atoms with Gasteiger partial charge < -0.3 is 9.64 Å². The van der Waals surface area contributed by atoms with Crippen LogP contribution in [0.15, 0.2) is 18.5 Å². The lowest BCUT2D eigenvalue weighted by Crippen LogP contribution is -2.34. The molecule has 1 aliphatic carbocycles. The average Bonchev–Trinajstić information content (AvgIpc) is 3.12. The maximum atomic E-state index is 12.3. The molecule has 0 N–H and O–H groups in total. The van der Waals surface area contributed by atoms with E-state index in [0.29, 0.717) is 23.2 Å². The highest BCUT2D eigenvalue weighted by molar-refractivity contribution is 6.31. The van der Waals surface area contributed by atoms with E-state index < -0.39 is 0 Å². The number of rotatable bonds is 3. The summed E-state index contributed by atoms with van der Waals surface area (Å²) in [5, 5.41) is 0.521. The van der Waals surface area contributed by atoms with Crippen molar-refractivity contribution in [1.29, 1.82) is 0 Å². The summed E-state index contributed by atoms with van der Waals surface area (Å²) < 4.78 is 5.88. The molecule has 2 aliphatic rings. The maximum Gasteiger partial charge on any atom is 0.225 e. The van der Waals surface area contributed by atoms with E-state index in [2.05, 4.69) is 4.98 Å². The molecule has 20 heavy (non-hydrogen) atoms. The Hall–Kier alpha value is -1.29. The summed E-state index contributed by atoms with van der Waals surface area (Å²) in [6.45, 7) is 1.47. The van der Waals surface area contributed by atoms with Crippen LogP contribution < -0.4 is 4.74 Å². The highest BCUT2D eigenvalue weighted by atomic mass is 35.5. The first-order valence-electron chi connectivity index (χ1n) is 7.29. The summed E-state index contributed by atoms with van der Waals surface area (Å²) >= 11 is 6.04. The van der Waals surface area contributed by atoms with Crippen molar-refractivity contribution in [2.24, 2.45) is 5.92 Å². The lowest BCUT2D eigenvalue weighted by molar-refractivity contribution is -0.134. The number of halogens is 1. The summed E-state index contributed by atoms with van der Waals surface area (Å²) in [6, 6.07) is 1.77. The number of pyridine rings is 1. The van der Waals surface area contributed by atoms with E-state index in [1.54, 1.807) is 18.5 Å². The number of nitrogens with zero attached hydrogens (tertiary/aromatic N) is 2. The smallest absolute Gasteiger partial charge is 0.225 e. The van der Waals surface area contributed by atoms with Gasteiger partial charge in [-0.15, -0.1) is 0 Å². The molecular formula is C15H19ClN2O2. The summed E-state index contributed by atoms with van der Waals surface area (Å²) in [5.41, 5.74) is 0. The van der Waals surface area contributed by atoms with Gasteiger partial charge in [0.1, 0.15) is 16.9 Å². The molecule has 2 heterocycles. The number of aromatic nitrogens is 1. The van der Waals surface area contributed by atoms with Crippen LogP contribution in [-0.4, -0.2) is 35.0 Å². The van der Waals surface area contributed by atoms with E-state index in [1.165, 1.54) is 12.8 Å². The first-order valence-corrected chi connectivity index (χ1v) is 7.67. The van der Waals surface area contributed by atoms with Crippen LogP contribution in [0.2, 0.25) is 5.02 Å². The van der Waals surface area contributed by atoms with Gasteiger partial charge in [-0.25, -0.2) is 0 Å². The number of amides is 1. The fourth-order valence-electron chi connectivity index (χ4n) is 3.09. The first kappa shape index (κ1) is 13.7. The van der Waals surface area contributed by atoms with Crippen molar-refractivity contribution < 1.29 is 9.53 Å². The van der Waals surface area contributed by atoms with E-state index >= 15 is 0 Å². The van der Waals surface area contributed by atoms with Crippen molar-refractivity contribution in [1.82, 2.24) is 9.88 Å². The van der Waals surface area contributed by atoms with Gasteiger partial charge in [-0.2, -0.15) is 0 Å². The summed E-state index contributed by atoms with van der Waals surface area (Å²) in [4.78, 5) is 18.2. The van der Waals surface area contributed by atoms with Gasteiger partial charge in [0, 0.05) is 37.3 Å². The SMILES string of the molecule is O=C(C1CCCC1)N1CC[C@H](Oc2ccncc2Cl)C1. The zero-order chi connectivity index (χ0) is 13.9. The van der Waals surface area contributed by atoms with Crippen molar-refractivity contribution >= 4 is 17.5 Å². The summed E-state index contributed by atoms with van der Waals surface area (Å²) in [6.07, 6.45) is 8.64. The Balaban J connectivity index is 1.57. The number of carbonyl (C=O) groups excluding carboxylic acids is 1. The second-order valence-corrected chi connectivity index (χ2v) is 6.01. The molecule has 1 atom stereocenters. The van der Waals surface area contributed by atoms with E-state index in [4.69, 9.17) is 16.3 Å². The lowest BCUT2D eigenvalue weighted by atomic mass is 10.1. The third-order valence-corrected chi connectivity index (χ3v) is 4.47. The quantitative estimate of drug-likeness (QED) is 0.861. The molecule has 4 nitrogen and oxygen atoms in total. The van der Waals surface area contributed by atoms with Crippen LogP contribution in [0.1, 0.15) is 32.1 Å². The Morgan fingerprint density at radius 1 is 1.35 bits per heavy atom. The van der Waals surface area contributed by atoms with Crippen molar-refractivity contribution in [2.45, 2.75) is 38.2 Å². The first-order chi connectivity index (χ1) is 9.74. The minimum atomic E-state index is 0.0419. The number of hydrogen-bond acceptors (Lipinski definition) is 3. The topological polar surface area (TPSA) is 42.4 Å². The van der Waals surface area contributed by atoms with E-state index in [-0.39, 0.29) is 12.0 Å². The molecule has 0 aromatic carbocycles. The molecule has 0 spiro atoms. The van der Waals surface area contributed by atoms with Gasteiger partial charge >= 0.3 is 0 Å². The van der Waals surface area contributed by atoms with E-state index in [9.17, 15) is 4.79 Å². The minimum Gasteiger partial charge on any atom is -0.487 e. The van der Waals surface area contributed by atoms with Crippen molar-refractivity contribution in [3.8, 4) is 5.75 Å². The fourth-order valence-corrected chi connectivity index (χ4v) is 3.26. The van der Waals surface area contributed by atoms with Crippen molar-refractivity contribution in [3.63, 3.8) is 0 Å². The molecule has 3 rings (SSSR count). The van der Waals surface area contributed by atoms with Crippen LogP contribution in [-0.2, 0) is 4.79 Å². The molecule has 5 heteroatoms. The monoisotopic (exact) mass is 294 g/mol. The van der Waals surface area contributed by atoms with Gasteiger partial charge in [0.15, 0.2) is 0 Å². The maximum absolute atomic E-state index is 12.3. The van der Waals surface area contributed by atoms with Crippen LogP contribution in [0, 0.1) is 5.92 Å². The molecule has 0 bridgehead atoms. The number of likely N-dealkylation sites (tertiary alicyclic amines) is 1. The van der Waals surface area contributed by atoms with Crippen LogP contribution in [0.4, 0.5) is 0 Å². The zero-order valence-corrected chi connectivity index (χ0v) is 12.2. The molecule has 2 fully saturated rings. The third kappa shape index (κ3) is 2.90. The second kappa shape index (κ2) is 6.00. The highest BCUT2D eigenvalue weighted by Crippen LogP contribution is 2.29. The average molecular weight is 295 g/mol. The Morgan fingerprint density at radius 2 is 2.15 bits per heavy atom. The largest absolute Gasteiger partial charge is 0.487 e. The van der Waals surface area contributed by atoms with Crippen molar-refractivity contribution in [3.05, 3.63) is 23.5 Å². The summed E-state index contributed by atoms with van der Waals surface area (Å²) in [7, 11) is 0. The standard InChI is InChI=1S/C15H19ClN2O2/c16-13-9-17-7-5-14(13)20-12-6-8-18(10-12)15(19)11-3-1-2-4-11/h5,7,9,11-12H,1-4,6,8,10H2/t12-/m0/s1. The Bertz CT molecular complexity index is 489. The second-order valence-electron chi connectivity index (χ2n) is 5.60. The van der Waals surface area contributed by atoms with Gasteiger partial charge in [0.2, 0.25) is 5.91 Å². The molecule has 0 unspecified atom stereocenters. The minimum absolute atomic E-state index is 0.0419. The predicted octanol–water partition coefficient (Wildman–Crippen LogP) is 2.90. The molecule has 1 amide bonds. The normalized spacial score (nSPS) is 23.2. The highest BCUT2D eigenvalue weighted by Gasteiger charge is 2.33. The van der Waals surface area contributed by atoms with Crippen LogP contribution >= 0.6 is 11.6 Å². The predicted molar refractivity (Wildman–Crippen MR) is 76.8 cm³/mol. The van der Waals surface area contributed by atoms with Gasteiger partial charge in [-0.05, 0) is 12.8 Å². The summed E-state index contributed by atoms with van der Waals surface area (Å²) in [5.74, 6) is 1.22. The third-order valence-electron chi connectivity index (χ3n) is 4.19. The molecule has 1 saturated carbocycles. The van der Waals surface area contributed by atoms with E-state index in [0.717, 1.165) is 25.8 Å². The molecule has 1 aromatic heterocycles. The van der Waals surface area contributed by atoms with Gasteiger partial charge in [0.05, 0.1) is 6.54 Å². The molecule has 108 valence electrons. The van der Waals surface area contributed by atoms with Gasteiger partial charge in [-0.3, -0.25) is 9.78 Å². The zero-order valence-electron chi connectivity index (χ0n) is 11.4.